The molecule has 0 saturated carbocycles. The third kappa shape index (κ3) is 8.17. The molecule has 0 heterocycles. The maximum Gasteiger partial charge on any atom is 0.306 e. The third-order valence-corrected chi connectivity index (χ3v) is 5.05. The zero-order chi connectivity index (χ0) is 10.3. The number of carbonyl (C=O) groups excluding carboxylic acids is 1. The molecule has 0 aromatic heterocycles. The molecular formula is C8H11BrI2O2. The van der Waals surface area contributed by atoms with Gasteiger partial charge in [-0.25, -0.2) is 0 Å². The Bertz CT molecular complexity index is 200. The van der Waals surface area contributed by atoms with Crippen molar-refractivity contribution < 1.29 is 9.53 Å². The highest BCUT2D eigenvalue weighted by Crippen LogP contribution is 2.24. The van der Waals surface area contributed by atoms with Crippen LogP contribution in [0.3, 0.4) is 0 Å². The van der Waals surface area contributed by atoms with E-state index in [-0.39, 0.29) is 5.97 Å². The summed E-state index contributed by atoms with van der Waals surface area (Å²) in [6.07, 6.45) is 2.46. The first-order valence-corrected chi connectivity index (χ1v) is 6.88. The first kappa shape index (κ1) is 14.2. The van der Waals surface area contributed by atoms with Crippen LogP contribution in [0.4, 0.5) is 0 Å². The minimum absolute atomic E-state index is 0.110. The lowest BCUT2D eigenvalue weighted by molar-refractivity contribution is -0.142. The molecule has 0 radical (unpaired) electrons. The summed E-state index contributed by atoms with van der Waals surface area (Å²) >= 11 is 7.60. The molecule has 0 rings (SSSR count). The van der Waals surface area contributed by atoms with Crippen LogP contribution >= 0.6 is 61.1 Å². The molecule has 2 nitrogen and oxygen atoms in total. The van der Waals surface area contributed by atoms with Crippen LogP contribution in [0.25, 0.3) is 0 Å². The highest BCUT2D eigenvalue weighted by molar-refractivity contribution is 14.1. The third-order valence-electron chi connectivity index (χ3n) is 1.30. The molecule has 0 amide bonds. The van der Waals surface area contributed by atoms with Crippen LogP contribution < -0.4 is 0 Å². The lowest BCUT2D eigenvalue weighted by Crippen LogP contribution is -2.05. The molecule has 0 aromatic carbocycles. The van der Waals surface area contributed by atoms with Crippen LogP contribution in [0.2, 0.25) is 0 Å². The van der Waals surface area contributed by atoms with Gasteiger partial charge in [-0.1, -0.05) is 13.3 Å². The SMILES string of the molecule is CCCCC(=O)OC/C(I)=C(\Br)I. The Labute approximate surface area is 114 Å². The molecule has 0 atom stereocenters. The summed E-state index contributed by atoms with van der Waals surface area (Å²) in [6.45, 7) is 2.44. The van der Waals surface area contributed by atoms with Gasteiger partial charge in [0.15, 0.2) is 0 Å². The summed E-state index contributed by atoms with van der Waals surface area (Å²) in [5.41, 5.74) is 0. The van der Waals surface area contributed by atoms with E-state index in [1.807, 2.05) is 0 Å². The van der Waals surface area contributed by atoms with Crippen LogP contribution in [-0.2, 0) is 9.53 Å². The minimum Gasteiger partial charge on any atom is -0.460 e. The summed E-state index contributed by atoms with van der Waals surface area (Å²) in [7, 11) is 0. The highest BCUT2D eigenvalue weighted by atomic mass is 127. The largest absolute Gasteiger partial charge is 0.460 e. The smallest absolute Gasteiger partial charge is 0.306 e. The second kappa shape index (κ2) is 8.46. The molecule has 0 aromatic rings. The molecule has 13 heavy (non-hydrogen) atoms. The fourth-order valence-corrected chi connectivity index (χ4v) is 1.02. The molecule has 0 aliphatic rings. The average molecular weight is 473 g/mol. The van der Waals surface area contributed by atoms with Gasteiger partial charge in [-0.2, -0.15) is 0 Å². The van der Waals surface area contributed by atoms with Gasteiger partial charge in [-0.15, -0.1) is 0 Å². The number of unbranched alkanes of at least 4 members (excludes halogenated alkanes) is 1. The van der Waals surface area contributed by atoms with E-state index >= 15 is 0 Å². The molecule has 76 valence electrons. The van der Waals surface area contributed by atoms with Gasteiger partial charge in [-0.05, 0) is 67.5 Å². The molecule has 0 aliphatic heterocycles. The summed E-state index contributed by atoms with van der Waals surface area (Å²) < 4.78 is 7.04. The Morgan fingerprint density at radius 2 is 2.08 bits per heavy atom. The van der Waals surface area contributed by atoms with Gasteiger partial charge in [-0.3, -0.25) is 4.79 Å². The van der Waals surface area contributed by atoms with Crippen LogP contribution in [0, 0.1) is 0 Å². The number of hydrogen-bond acceptors (Lipinski definition) is 2. The van der Waals surface area contributed by atoms with Crippen molar-refractivity contribution in [3.63, 3.8) is 0 Å². The summed E-state index contributed by atoms with van der Waals surface area (Å²) in [5.74, 6) is -0.110. The van der Waals surface area contributed by atoms with Crippen LogP contribution in [0.15, 0.2) is 6.07 Å². The van der Waals surface area contributed by atoms with E-state index in [1.165, 1.54) is 0 Å². The molecular weight excluding hydrogens is 462 g/mol. The number of halogens is 3. The van der Waals surface area contributed by atoms with Gasteiger partial charge in [0, 0.05) is 10.0 Å². The summed E-state index contributed by atoms with van der Waals surface area (Å²) in [6, 6.07) is 0. The summed E-state index contributed by atoms with van der Waals surface area (Å²) in [5, 5.41) is 0. The highest BCUT2D eigenvalue weighted by Gasteiger charge is 2.04. The van der Waals surface area contributed by atoms with Crippen LogP contribution in [0.1, 0.15) is 26.2 Å². The first-order valence-electron chi connectivity index (χ1n) is 3.93. The Balaban J connectivity index is 3.65. The van der Waals surface area contributed by atoms with Gasteiger partial charge in [0.1, 0.15) is 6.61 Å². The van der Waals surface area contributed by atoms with E-state index in [9.17, 15) is 4.79 Å². The topological polar surface area (TPSA) is 26.3 Å². The Kier molecular flexibility index (Phi) is 9.21. The lowest BCUT2D eigenvalue weighted by atomic mass is 10.2. The van der Waals surface area contributed by atoms with E-state index < -0.39 is 0 Å². The normalized spacial score (nSPS) is 12.3. The monoisotopic (exact) mass is 472 g/mol. The standard InChI is InChI=1S/C8H11BrI2O2/c1-2-3-4-7(12)13-5-6(10)8(9)11/h2-5H2,1H3/b8-6-. The predicted molar refractivity (Wildman–Crippen MR) is 74.5 cm³/mol. The van der Waals surface area contributed by atoms with Crippen molar-refractivity contribution in [2.24, 2.45) is 0 Å². The van der Waals surface area contributed by atoms with Gasteiger partial charge < -0.3 is 4.74 Å². The van der Waals surface area contributed by atoms with Crippen molar-refractivity contribution in [3.8, 4) is 0 Å². The van der Waals surface area contributed by atoms with E-state index in [0.29, 0.717) is 13.0 Å². The molecule has 0 N–H and O–H groups in total. The number of rotatable bonds is 5. The average Bonchev–Trinajstić information content (AvgIpc) is 2.10. The van der Waals surface area contributed by atoms with Gasteiger partial charge in [0.25, 0.3) is 0 Å². The predicted octanol–water partition coefficient (Wildman–Crippen LogP) is 4.15. The number of carbonyl (C=O) groups is 1. The molecule has 5 heteroatoms. The van der Waals surface area contributed by atoms with Gasteiger partial charge in [0.05, 0.1) is 2.49 Å². The quantitative estimate of drug-likeness (QED) is 0.444. The maximum atomic E-state index is 11.1. The fraction of sp³-hybridized carbons (Fsp3) is 0.625. The van der Waals surface area contributed by atoms with E-state index in [4.69, 9.17) is 4.74 Å². The molecule has 0 bridgehead atoms. The number of ether oxygens (including phenoxy) is 1. The van der Waals surface area contributed by atoms with Crippen LogP contribution in [-0.4, -0.2) is 12.6 Å². The molecule has 0 fully saturated rings. The molecule has 0 aliphatic carbocycles. The van der Waals surface area contributed by atoms with Gasteiger partial charge in [0.2, 0.25) is 0 Å². The zero-order valence-corrected chi connectivity index (χ0v) is 13.2. The lowest BCUT2D eigenvalue weighted by Gasteiger charge is -2.03. The fourth-order valence-electron chi connectivity index (χ4n) is 0.592. The minimum atomic E-state index is -0.110. The van der Waals surface area contributed by atoms with E-state index in [0.717, 1.165) is 18.9 Å². The summed E-state index contributed by atoms with van der Waals surface area (Å²) in [4.78, 5) is 11.1. The van der Waals surface area contributed by atoms with Crippen molar-refractivity contribution in [3.05, 3.63) is 6.07 Å². The number of hydrogen-bond donors (Lipinski definition) is 0. The van der Waals surface area contributed by atoms with Crippen LogP contribution in [0.5, 0.6) is 0 Å². The van der Waals surface area contributed by atoms with Crippen molar-refractivity contribution in [1.82, 2.24) is 0 Å². The Morgan fingerprint density at radius 1 is 1.46 bits per heavy atom. The van der Waals surface area contributed by atoms with E-state index in [1.54, 1.807) is 0 Å². The Morgan fingerprint density at radius 3 is 2.54 bits per heavy atom. The molecule has 0 spiro atoms. The van der Waals surface area contributed by atoms with Crippen molar-refractivity contribution in [2.45, 2.75) is 26.2 Å². The van der Waals surface area contributed by atoms with Crippen molar-refractivity contribution in [2.75, 3.05) is 6.61 Å². The Hall–Kier alpha value is 1.15. The molecule has 0 saturated heterocycles. The van der Waals surface area contributed by atoms with Gasteiger partial charge >= 0.3 is 5.97 Å². The second-order valence-electron chi connectivity index (χ2n) is 2.43. The molecule has 0 unspecified atom stereocenters. The van der Waals surface area contributed by atoms with Crippen molar-refractivity contribution in [1.29, 1.82) is 0 Å². The maximum absolute atomic E-state index is 11.1. The number of esters is 1. The zero-order valence-electron chi connectivity index (χ0n) is 7.28. The van der Waals surface area contributed by atoms with E-state index in [2.05, 4.69) is 68.0 Å². The first-order chi connectivity index (χ1) is 6.07. The van der Waals surface area contributed by atoms with Crippen molar-refractivity contribution >= 4 is 67.1 Å². The second-order valence-corrected chi connectivity index (χ2v) is 7.09.